The van der Waals surface area contributed by atoms with E-state index in [-0.39, 0.29) is 38.5 Å². The van der Waals surface area contributed by atoms with Crippen molar-refractivity contribution in [3.63, 3.8) is 0 Å². The van der Waals surface area contributed by atoms with Crippen LogP contribution in [0.5, 0.6) is 0 Å². The van der Waals surface area contributed by atoms with E-state index in [4.69, 9.17) is 17.7 Å². The molecule has 0 N–H and O–H groups in total. The van der Waals surface area contributed by atoms with Crippen molar-refractivity contribution in [2.75, 3.05) is 0 Å². The second-order valence-corrected chi connectivity index (χ2v) is 33.9. The molecule has 0 heterocycles. The van der Waals surface area contributed by atoms with Crippen LogP contribution in [0.15, 0.2) is 0 Å². The Hall–Kier alpha value is -1.25. The van der Waals surface area contributed by atoms with Crippen molar-refractivity contribution in [2.24, 2.45) is 21.7 Å². The predicted octanol–water partition coefficient (Wildman–Crippen LogP) is 5.83. The van der Waals surface area contributed by atoms with Crippen molar-refractivity contribution >= 4 is 57.1 Å². The monoisotopic (exact) mass is 600 g/mol. The molecule has 4 aliphatic rings. The summed E-state index contributed by atoms with van der Waals surface area (Å²) in [7, 11) is -9.28. The molecule has 4 saturated carbocycles. The largest absolute Gasteiger partial charge is 0.519 e. The van der Waals surface area contributed by atoms with Gasteiger partial charge in [0.05, 0.1) is 21.7 Å². The zero-order chi connectivity index (χ0) is 29.4. The molecule has 216 valence electrons. The van der Waals surface area contributed by atoms with Crippen LogP contribution in [-0.2, 0) is 36.9 Å². The Bertz CT molecular complexity index is 828. The van der Waals surface area contributed by atoms with Gasteiger partial charge in [0.1, 0.15) is 0 Å². The molecule has 0 aromatic heterocycles. The van der Waals surface area contributed by atoms with Gasteiger partial charge in [-0.2, -0.15) is 0 Å². The highest BCUT2D eigenvalue weighted by molar-refractivity contribution is 6.72. The van der Waals surface area contributed by atoms with Crippen molar-refractivity contribution in [3.05, 3.63) is 0 Å². The third-order valence-corrected chi connectivity index (χ3v) is 10.6. The van der Waals surface area contributed by atoms with Gasteiger partial charge in [-0.15, -0.1) is 0 Å². The zero-order valence-corrected chi connectivity index (χ0v) is 29.5. The molecule has 0 atom stereocenters. The van der Waals surface area contributed by atoms with Crippen LogP contribution in [0.1, 0.15) is 38.5 Å². The van der Waals surface area contributed by atoms with Crippen LogP contribution >= 0.6 is 0 Å². The van der Waals surface area contributed by atoms with Gasteiger partial charge in [0.25, 0.3) is 23.9 Å². The lowest BCUT2D eigenvalue weighted by molar-refractivity contribution is -0.226. The molecule has 4 aliphatic carbocycles. The maximum atomic E-state index is 14.0. The number of rotatable bonds is 8. The summed E-state index contributed by atoms with van der Waals surface area (Å²) in [6, 6.07) is 0. The lowest BCUT2D eigenvalue weighted by Gasteiger charge is -2.67. The molecule has 4 bridgehead atoms. The highest BCUT2D eigenvalue weighted by atomic mass is 28.4. The number of hydrogen-bond donors (Lipinski definition) is 0. The molecule has 8 nitrogen and oxygen atoms in total. The smallest absolute Gasteiger partial charge is 0.298 e. The van der Waals surface area contributed by atoms with Crippen LogP contribution in [0.3, 0.4) is 0 Å². The molecule has 4 rings (SSSR count). The normalized spacial score (nSPS) is 32.9. The summed E-state index contributed by atoms with van der Waals surface area (Å²) < 4.78 is 24.3. The van der Waals surface area contributed by atoms with Crippen LogP contribution in [0.4, 0.5) is 0 Å². The Labute approximate surface area is 232 Å². The highest BCUT2D eigenvalue weighted by Crippen LogP contribution is 2.75. The molecule has 38 heavy (non-hydrogen) atoms. The minimum atomic E-state index is -2.32. The summed E-state index contributed by atoms with van der Waals surface area (Å²) >= 11 is 0. The van der Waals surface area contributed by atoms with Crippen molar-refractivity contribution in [2.45, 2.75) is 117 Å². The van der Waals surface area contributed by atoms with Gasteiger partial charge in [0.2, 0.25) is 33.3 Å². The topological polar surface area (TPSA) is 105 Å². The average molecular weight is 601 g/mol. The fourth-order valence-electron chi connectivity index (χ4n) is 7.05. The van der Waals surface area contributed by atoms with Gasteiger partial charge in [0, 0.05) is 0 Å². The fraction of sp³-hybridized carbons (Fsp3) is 0.846. The van der Waals surface area contributed by atoms with Gasteiger partial charge in [-0.1, -0.05) is 0 Å². The molecule has 0 aliphatic heterocycles. The van der Waals surface area contributed by atoms with Crippen molar-refractivity contribution in [1.82, 2.24) is 0 Å². The maximum absolute atomic E-state index is 14.0. The summed E-state index contributed by atoms with van der Waals surface area (Å²) in [5, 5.41) is 0. The Kier molecular flexibility index (Phi) is 7.52. The van der Waals surface area contributed by atoms with Gasteiger partial charge < -0.3 is 17.7 Å². The van der Waals surface area contributed by atoms with E-state index < -0.39 is 78.8 Å². The Morgan fingerprint density at radius 2 is 0.500 bits per heavy atom. The number of carbonyl (C=O) groups excluding carboxylic acids is 4. The minimum absolute atomic E-state index is 0.219. The van der Waals surface area contributed by atoms with Gasteiger partial charge in [-0.25, -0.2) is 0 Å². The molecule has 0 aromatic rings. The molecule has 0 unspecified atom stereocenters. The van der Waals surface area contributed by atoms with Crippen LogP contribution in [0, 0.1) is 21.7 Å². The minimum Gasteiger partial charge on any atom is -0.519 e. The molecule has 0 spiro atoms. The molecular weight excluding hydrogens is 553 g/mol. The van der Waals surface area contributed by atoms with Crippen molar-refractivity contribution in [3.8, 4) is 0 Å². The fourth-order valence-corrected chi connectivity index (χ4v) is 10.1. The van der Waals surface area contributed by atoms with E-state index in [1.165, 1.54) is 0 Å². The molecule has 0 radical (unpaired) electrons. The van der Waals surface area contributed by atoms with E-state index in [9.17, 15) is 19.2 Å². The Morgan fingerprint density at radius 1 is 0.368 bits per heavy atom. The third-order valence-electron chi connectivity index (χ3n) is 7.39. The lowest BCUT2D eigenvalue weighted by atomic mass is 9.35. The molecule has 0 aromatic carbocycles. The van der Waals surface area contributed by atoms with E-state index in [0.29, 0.717) is 0 Å². The quantitative estimate of drug-likeness (QED) is 0.321. The average Bonchev–Trinajstić information content (AvgIpc) is 2.61. The van der Waals surface area contributed by atoms with Crippen molar-refractivity contribution < 1.29 is 36.9 Å². The molecular formula is C26H48O8Si4. The van der Waals surface area contributed by atoms with Gasteiger partial charge in [-0.3, -0.25) is 19.2 Å². The van der Waals surface area contributed by atoms with E-state index >= 15 is 0 Å². The summed E-state index contributed by atoms with van der Waals surface area (Å²) in [4.78, 5) is 56.2. The maximum Gasteiger partial charge on any atom is 0.298 e. The molecule has 0 amide bonds. The third kappa shape index (κ3) is 6.38. The number of hydrogen-bond acceptors (Lipinski definition) is 8. The van der Waals surface area contributed by atoms with Gasteiger partial charge >= 0.3 is 0 Å². The van der Waals surface area contributed by atoms with Gasteiger partial charge in [0.15, 0.2) is 0 Å². The summed E-state index contributed by atoms with van der Waals surface area (Å²) in [6.45, 7) is 23.2. The first-order valence-electron chi connectivity index (χ1n) is 13.7. The van der Waals surface area contributed by atoms with Crippen molar-refractivity contribution in [1.29, 1.82) is 0 Å². The van der Waals surface area contributed by atoms with Crippen LogP contribution < -0.4 is 0 Å². The molecule has 12 heteroatoms. The standard InChI is InChI=1S/C26H48O8Si4/c1-35(2,3)31-19(27)23-13-24(20(28)32-36(4,5)6)16-25(14-23,21(29)33-37(7,8)9)18-26(15-23,17-24)22(30)34-38(10,11)12/h13-18H2,1-12H3. The summed E-state index contributed by atoms with van der Waals surface area (Å²) in [6.07, 6.45) is 1.31. The van der Waals surface area contributed by atoms with Gasteiger partial charge in [-0.05, 0) is 117 Å². The summed E-state index contributed by atoms with van der Waals surface area (Å²) in [5.74, 6) is -1.62. The van der Waals surface area contributed by atoms with Crippen LogP contribution in [0.2, 0.25) is 78.6 Å². The van der Waals surface area contributed by atoms with Crippen LogP contribution in [0.25, 0.3) is 0 Å². The summed E-state index contributed by atoms with van der Waals surface area (Å²) in [5.41, 5.74) is -4.65. The SMILES string of the molecule is C[Si](C)(C)OC(=O)C12CC3(C(=O)O[Si](C)(C)C)CC(C(=O)O[Si](C)(C)C)(C1)CC(C(=O)O[Si](C)(C)C)(C2)C3. The second-order valence-electron chi connectivity index (χ2n) is 16.2. The van der Waals surface area contributed by atoms with E-state index in [2.05, 4.69) is 0 Å². The zero-order valence-electron chi connectivity index (χ0n) is 25.5. The predicted molar refractivity (Wildman–Crippen MR) is 155 cm³/mol. The second kappa shape index (κ2) is 9.13. The molecule has 0 saturated heterocycles. The van der Waals surface area contributed by atoms with Crippen LogP contribution in [-0.4, -0.2) is 57.1 Å². The molecule has 4 fully saturated rings. The Balaban J connectivity index is 2.25. The van der Waals surface area contributed by atoms with E-state index in [1.54, 1.807) is 0 Å². The number of carbonyl (C=O) groups is 4. The highest BCUT2D eigenvalue weighted by Gasteiger charge is 2.77. The lowest BCUT2D eigenvalue weighted by Crippen LogP contribution is -2.70. The van der Waals surface area contributed by atoms with E-state index in [1.807, 2.05) is 78.6 Å². The first kappa shape index (κ1) is 31.3. The van der Waals surface area contributed by atoms with E-state index in [0.717, 1.165) is 0 Å². The first-order chi connectivity index (χ1) is 16.8. The Morgan fingerprint density at radius 3 is 0.605 bits per heavy atom. The first-order valence-corrected chi connectivity index (χ1v) is 27.3.